The van der Waals surface area contributed by atoms with Crippen LogP contribution in [-0.4, -0.2) is 4.57 Å². The molecule has 0 bridgehead atoms. The van der Waals surface area contributed by atoms with Crippen molar-refractivity contribution >= 4 is 18.2 Å². The topological polar surface area (TPSA) is 4.93 Å². The molecule has 2 aliphatic rings. The standard InChI is InChI=1S/C9H7N/c1-2-7-6-10-5-4-9(10)8(7)3-1/h1-4,6H,5H2. The molecule has 0 unspecified atom stereocenters. The molecule has 3 rings (SSSR count). The summed E-state index contributed by atoms with van der Waals surface area (Å²) in [6.45, 7) is 1.10. The Bertz CT molecular complexity index is 432. The average Bonchev–Trinajstić information content (AvgIpc) is 2.35. The van der Waals surface area contributed by atoms with E-state index in [-0.39, 0.29) is 0 Å². The van der Waals surface area contributed by atoms with Gasteiger partial charge in [0, 0.05) is 23.3 Å². The van der Waals surface area contributed by atoms with Crippen LogP contribution in [0.2, 0.25) is 0 Å². The second kappa shape index (κ2) is 1.26. The number of fused-ring (bicyclic) bond motifs is 3. The van der Waals surface area contributed by atoms with E-state index in [1.165, 1.54) is 16.1 Å². The molecule has 0 radical (unpaired) electrons. The van der Waals surface area contributed by atoms with Crippen LogP contribution in [0.3, 0.4) is 0 Å². The largest absolute Gasteiger partial charge is 0.343 e. The lowest BCUT2D eigenvalue weighted by atomic mass is 10.3. The SMILES string of the molecule is C1=Cc2cn3c(c2=C1)=CC3. The van der Waals surface area contributed by atoms with Crippen molar-refractivity contribution in [3.05, 3.63) is 28.4 Å². The molecule has 1 aromatic rings. The van der Waals surface area contributed by atoms with Crippen LogP contribution in [0.15, 0.2) is 12.3 Å². The second-order valence-corrected chi connectivity index (χ2v) is 2.77. The van der Waals surface area contributed by atoms with Crippen molar-refractivity contribution in [3.63, 3.8) is 0 Å². The number of nitrogens with zero attached hydrogens (tertiary/aromatic N) is 1. The zero-order valence-electron chi connectivity index (χ0n) is 5.54. The lowest BCUT2D eigenvalue weighted by molar-refractivity contribution is 0.765. The Balaban J connectivity index is 2.66. The first-order chi connectivity index (χ1) is 4.95. The number of allylic oxidation sites excluding steroid dienone is 1. The summed E-state index contributed by atoms with van der Waals surface area (Å²) in [6.07, 6.45) is 10.9. The summed E-state index contributed by atoms with van der Waals surface area (Å²) in [5, 5.41) is 2.81. The quantitative estimate of drug-likeness (QED) is 0.468. The molecular weight excluding hydrogens is 122 g/mol. The van der Waals surface area contributed by atoms with Crippen molar-refractivity contribution in [2.75, 3.05) is 0 Å². The minimum absolute atomic E-state index is 1.10. The van der Waals surface area contributed by atoms with Crippen molar-refractivity contribution in [1.82, 2.24) is 4.57 Å². The lowest BCUT2D eigenvalue weighted by Gasteiger charge is -2.06. The summed E-state index contributed by atoms with van der Waals surface area (Å²) in [6, 6.07) is 0. The summed E-state index contributed by atoms with van der Waals surface area (Å²) in [7, 11) is 0. The highest BCUT2D eigenvalue weighted by Gasteiger charge is 2.08. The van der Waals surface area contributed by atoms with Gasteiger partial charge in [-0.1, -0.05) is 18.2 Å². The van der Waals surface area contributed by atoms with Gasteiger partial charge in [0.2, 0.25) is 0 Å². The first-order valence-corrected chi connectivity index (χ1v) is 3.53. The molecule has 0 N–H and O–H groups in total. The van der Waals surface area contributed by atoms with Crippen molar-refractivity contribution in [2.45, 2.75) is 6.54 Å². The molecule has 48 valence electrons. The van der Waals surface area contributed by atoms with Crippen LogP contribution in [-0.2, 0) is 6.54 Å². The van der Waals surface area contributed by atoms with E-state index in [9.17, 15) is 0 Å². The fourth-order valence-corrected chi connectivity index (χ4v) is 1.62. The van der Waals surface area contributed by atoms with E-state index < -0.39 is 0 Å². The van der Waals surface area contributed by atoms with Crippen LogP contribution in [0.4, 0.5) is 0 Å². The van der Waals surface area contributed by atoms with E-state index in [4.69, 9.17) is 0 Å². The molecule has 0 aromatic carbocycles. The highest BCUT2D eigenvalue weighted by Crippen LogP contribution is 2.03. The number of rotatable bonds is 0. The Labute approximate surface area is 58.6 Å². The predicted molar refractivity (Wildman–Crippen MR) is 41.6 cm³/mol. The zero-order chi connectivity index (χ0) is 6.55. The van der Waals surface area contributed by atoms with E-state index in [1.54, 1.807) is 0 Å². The molecule has 1 aliphatic heterocycles. The number of aromatic nitrogens is 1. The van der Waals surface area contributed by atoms with Gasteiger partial charge in [0.05, 0.1) is 0 Å². The predicted octanol–water partition coefficient (Wildman–Crippen LogP) is 0.0895. The van der Waals surface area contributed by atoms with Crippen LogP contribution in [0.5, 0.6) is 0 Å². The molecule has 0 atom stereocenters. The van der Waals surface area contributed by atoms with Gasteiger partial charge in [-0.2, -0.15) is 0 Å². The van der Waals surface area contributed by atoms with Crippen molar-refractivity contribution in [1.29, 1.82) is 0 Å². The first-order valence-electron chi connectivity index (χ1n) is 3.53. The third kappa shape index (κ3) is 0.338. The third-order valence-corrected chi connectivity index (χ3v) is 2.21. The Hall–Kier alpha value is -1.24. The van der Waals surface area contributed by atoms with Gasteiger partial charge in [-0.05, 0) is 11.6 Å². The zero-order valence-corrected chi connectivity index (χ0v) is 5.54. The maximum absolute atomic E-state index is 2.28. The van der Waals surface area contributed by atoms with Gasteiger partial charge in [0.1, 0.15) is 0 Å². The number of hydrogen-bond donors (Lipinski definition) is 0. The average molecular weight is 129 g/mol. The Kier molecular flexibility index (Phi) is 0.575. The molecule has 0 saturated carbocycles. The number of hydrogen-bond acceptors (Lipinski definition) is 0. The van der Waals surface area contributed by atoms with Gasteiger partial charge in [0.15, 0.2) is 0 Å². The van der Waals surface area contributed by atoms with E-state index in [0.29, 0.717) is 0 Å². The monoisotopic (exact) mass is 129 g/mol. The maximum atomic E-state index is 2.28. The Morgan fingerprint density at radius 3 is 3.20 bits per heavy atom. The highest BCUT2D eigenvalue weighted by molar-refractivity contribution is 5.67. The van der Waals surface area contributed by atoms with E-state index in [2.05, 4.69) is 35.1 Å². The highest BCUT2D eigenvalue weighted by atomic mass is 15.0. The van der Waals surface area contributed by atoms with Gasteiger partial charge in [-0.15, -0.1) is 0 Å². The van der Waals surface area contributed by atoms with Gasteiger partial charge in [0.25, 0.3) is 0 Å². The fraction of sp³-hybridized carbons (Fsp3) is 0.111. The second-order valence-electron chi connectivity index (χ2n) is 2.77. The summed E-state index contributed by atoms with van der Waals surface area (Å²) in [5.74, 6) is 0. The van der Waals surface area contributed by atoms with Crippen LogP contribution < -0.4 is 10.6 Å². The van der Waals surface area contributed by atoms with Crippen LogP contribution in [0.1, 0.15) is 5.56 Å². The molecular formula is C9H7N. The fourth-order valence-electron chi connectivity index (χ4n) is 1.62. The summed E-state index contributed by atoms with van der Waals surface area (Å²) in [5.41, 5.74) is 1.38. The van der Waals surface area contributed by atoms with Gasteiger partial charge in [-0.3, -0.25) is 0 Å². The lowest BCUT2D eigenvalue weighted by Crippen LogP contribution is -2.35. The summed E-state index contributed by atoms with van der Waals surface area (Å²) >= 11 is 0. The van der Waals surface area contributed by atoms with Gasteiger partial charge in [-0.25, -0.2) is 0 Å². The molecule has 2 heterocycles. The van der Waals surface area contributed by atoms with Crippen LogP contribution in [0, 0.1) is 0 Å². The van der Waals surface area contributed by atoms with Crippen LogP contribution >= 0.6 is 0 Å². The van der Waals surface area contributed by atoms with E-state index in [0.717, 1.165) is 6.54 Å². The van der Waals surface area contributed by atoms with Crippen molar-refractivity contribution in [2.24, 2.45) is 0 Å². The van der Waals surface area contributed by atoms with Crippen LogP contribution in [0.25, 0.3) is 18.2 Å². The molecule has 1 nitrogen and oxygen atoms in total. The third-order valence-electron chi connectivity index (χ3n) is 2.21. The Morgan fingerprint density at radius 2 is 2.40 bits per heavy atom. The molecule has 0 amide bonds. The summed E-state index contributed by atoms with van der Waals surface area (Å²) < 4.78 is 2.28. The molecule has 0 fully saturated rings. The van der Waals surface area contributed by atoms with E-state index in [1.807, 2.05) is 0 Å². The molecule has 0 spiro atoms. The van der Waals surface area contributed by atoms with Crippen molar-refractivity contribution < 1.29 is 0 Å². The van der Waals surface area contributed by atoms with Gasteiger partial charge < -0.3 is 4.57 Å². The minimum atomic E-state index is 1.10. The Morgan fingerprint density at radius 1 is 1.40 bits per heavy atom. The van der Waals surface area contributed by atoms with Crippen molar-refractivity contribution in [3.8, 4) is 0 Å². The normalized spacial score (nSPS) is 16.8. The first kappa shape index (κ1) is 4.56. The molecule has 1 aromatic heterocycles. The molecule has 10 heavy (non-hydrogen) atoms. The maximum Gasteiger partial charge on any atom is 0.0466 e. The van der Waals surface area contributed by atoms with Gasteiger partial charge >= 0.3 is 0 Å². The summed E-state index contributed by atoms with van der Waals surface area (Å²) in [4.78, 5) is 0. The minimum Gasteiger partial charge on any atom is -0.343 e. The molecule has 1 heteroatoms. The smallest absolute Gasteiger partial charge is 0.0466 e. The molecule has 1 aliphatic carbocycles. The molecule has 0 saturated heterocycles. The van der Waals surface area contributed by atoms with E-state index >= 15 is 0 Å².